The molecule has 0 radical (unpaired) electrons. The number of hydrogen-bond donors (Lipinski definition) is 1. The maximum absolute atomic E-state index is 14.0. The average Bonchev–Trinajstić information content (AvgIpc) is 3.25. The fourth-order valence-electron chi connectivity index (χ4n) is 13.0. The first kappa shape index (κ1) is 28.9. The van der Waals surface area contributed by atoms with Gasteiger partial charge in [0.2, 0.25) is 0 Å². The van der Waals surface area contributed by atoms with Crippen LogP contribution in [0.2, 0.25) is 0 Å². The lowest BCUT2D eigenvalue weighted by Gasteiger charge is -2.73. The molecule has 1 unspecified atom stereocenters. The molecular weight excluding hydrogens is 496 g/mol. The van der Waals surface area contributed by atoms with Crippen LogP contribution < -0.4 is 0 Å². The molecule has 0 aromatic carbocycles. The van der Waals surface area contributed by atoms with Gasteiger partial charge in [-0.25, -0.2) is 0 Å². The van der Waals surface area contributed by atoms with Gasteiger partial charge in [-0.05, 0) is 122 Å². The van der Waals surface area contributed by atoms with Crippen molar-refractivity contribution in [3.05, 3.63) is 12.2 Å². The van der Waals surface area contributed by atoms with Crippen LogP contribution in [0.5, 0.6) is 0 Å². The summed E-state index contributed by atoms with van der Waals surface area (Å²) in [7, 11) is 0. The van der Waals surface area contributed by atoms with E-state index in [0.717, 1.165) is 38.5 Å². The largest absolute Gasteiger partial charge is 0.454 e. The van der Waals surface area contributed by atoms with Crippen molar-refractivity contribution >= 4 is 11.8 Å². The van der Waals surface area contributed by atoms with Gasteiger partial charge in [0.1, 0.15) is 0 Å². The number of hydrogen-bond acceptors (Lipinski definition) is 4. The summed E-state index contributed by atoms with van der Waals surface area (Å²) in [4.78, 5) is 26.9. The van der Waals surface area contributed by atoms with Crippen LogP contribution >= 0.6 is 0 Å². The number of ketones is 1. The molecule has 6 fully saturated rings. The summed E-state index contributed by atoms with van der Waals surface area (Å²) in [5, 5.41) is 11.0. The number of rotatable bonds is 2. The average molecular weight is 553 g/mol. The minimum Gasteiger partial charge on any atom is -0.454 e. The molecule has 4 heteroatoms. The van der Waals surface area contributed by atoms with Crippen LogP contribution in [0, 0.1) is 62.1 Å². The van der Waals surface area contributed by atoms with E-state index in [4.69, 9.17) is 4.74 Å². The number of carbonyl (C=O) groups excluding carboxylic acids is 2. The van der Waals surface area contributed by atoms with E-state index in [9.17, 15) is 14.7 Å². The molecule has 4 nitrogen and oxygen atoms in total. The quantitative estimate of drug-likeness (QED) is 0.279. The number of fused-ring (bicyclic) bond motifs is 7. The van der Waals surface area contributed by atoms with E-state index in [1.807, 2.05) is 13.8 Å². The lowest BCUT2D eigenvalue weighted by Crippen LogP contribution is -2.68. The van der Waals surface area contributed by atoms with Crippen LogP contribution in [-0.4, -0.2) is 29.1 Å². The van der Waals surface area contributed by atoms with Gasteiger partial charge < -0.3 is 9.84 Å². The zero-order chi connectivity index (χ0) is 29.3. The maximum Gasteiger partial charge on any atom is 0.307 e. The Hall–Kier alpha value is -1.16. The van der Waals surface area contributed by atoms with Gasteiger partial charge >= 0.3 is 5.97 Å². The summed E-state index contributed by atoms with van der Waals surface area (Å²) in [6.45, 7) is 23.1. The highest BCUT2D eigenvalue weighted by molar-refractivity contribution is 5.96. The molecule has 6 aliphatic rings. The van der Waals surface area contributed by atoms with Gasteiger partial charge in [0.25, 0.3) is 0 Å². The Morgan fingerprint density at radius 1 is 0.825 bits per heavy atom. The van der Waals surface area contributed by atoms with Gasteiger partial charge in [0, 0.05) is 10.8 Å². The third-order valence-electron chi connectivity index (χ3n) is 15.4. The van der Waals surface area contributed by atoms with Crippen molar-refractivity contribution in [2.45, 2.75) is 138 Å². The second-order valence-corrected chi connectivity index (χ2v) is 17.6. The highest BCUT2D eigenvalue weighted by Gasteiger charge is 2.73. The predicted molar refractivity (Wildman–Crippen MR) is 158 cm³/mol. The monoisotopic (exact) mass is 552 g/mol. The summed E-state index contributed by atoms with van der Waals surface area (Å²) in [5.41, 5.74) is 0.933. The standard InChI is InChI=1S/C36H56O4/c1-21(2)22-12-17-36(30-29(39)31(3,4)20-27(38)40-30)19-18-34(8)23(28(22)36)10-11-25-33(7)15-14-26(37)32(5,6)24(33)13-16-35(25,34)9/h22-26,28,30,37H,1,10-20H2,2-9H3/t22-,23+,24-,25+,26-,28+,30?,33-,34+,35+,36-/m0/s1. The fourth-order valence-corrected chi connectivity index (χ4v) is 13.0. The maximum atomic E-state index is 14.0. The van der Waals surface area contributed by atoms with Crippen molar-refractivity contribution in [3.63, 3.8) is 0 Å². The van der Waals surface area contributed by atoms with Gasteiger partial charge in [-0.3, -0.25) is 9.59 Å². The van der Waals surface area contributed by atoms with Gasteiger partial charge in [0.05, 0.1) is 12.5 Å². The van der Waals surface area contributed by atoms with Crippen LogP contribution in [-0.2, 0) is 14.3 Å². The molecule has 0 amide bonds. The number of allylic oxidation sites excluding steroid dienone is 1. The minimum absolute atomic E-state index is 0.0394. The van der Waals surface area contributed by atoms with E-state index in [2.05, 4.69) is 48.1 Å². The number of Topliss-reactive ketones (excluding diaryl/α,β-unsaturated/α-hetero) is 1. The zero-order valence-corrected chi connectivity index (χ0v) is 26.7. The molecule has 40 heavy (non-hydrogen) atoms. The number of cyclic esters (lactones) is 1. The first-order valence-corrected chi connectivity index (χ1v) is 16.5. The van der Waals surface area contributed by atoms with E-state index >= 15 is 0 Å². The van der Waals surface area contributed by atoms with Crippen molar-refractivity contribution in [2.24, 2.45) is 62.1 Å². The Kier molecular flexibility index (Phi) is 6.29. The molecule has 224 valence electrons. The molecule has 1 saturated heterocycles. The molecule has 6 rings (SSSR count). The van der Waals surface area contributed by atoms with Gasteiger partial charge in [-0.1, -0.05) is 60.6 Å². The van der Waals surface area contributed by atoms with Crippen molar-refractivity contribution < 1.29 is 19.4 Å². The zero-order valence-electron chi connectivity index (χ0n) is 26.7. The van der Waals surface area contributed by atoms with Crippen LogP contribution in [0.15, 0.2) is 12.2 Å². The van der Waals surface area contributed by atoms with Crippen LogP contribution in [0.25, 0.3) is 0 Å². The van der Waals surface area contributed by atoms with E-state index in [-0.39, 0.29) is 51.4 Å². The molecule has 0 spiro atoms. The Bertz CT molecular complexity index is 1120. The fraction of sp³-hybridized carbons (Fsp3) is 0.889. The Morgan fingerprint density at radius 3 is 2.20 bits per heavy atom. The van der Waals surface area contributed by atoms with Gasteiger partial charge in [-0.2, -0.15) is 0 Å². The third kappa shape index (κ3) is 3.47. The Balaban J connectivity index is 1.42. The number of aliphatic hydroxyl groups excluding tert-OH is 1. The van der Waals surface area contributed by atoms with E-state index in [1.54, 1.807) is 0 Å². The van der Waals surface area contributed by atoms with E-state index in [1.165, 1.54) is 31.3 Å². The van der Waals surface area contributed by atoms with Crippen LogP contribution in [0.3, 0.4) is 0 Å². The van der Waals surface area contributed by atoms with Crippen molar-refractivity contribution in [1.29, 1.82) is 0 Å². The molecule has 1 aliphatic heterocycles. The first-order valence-electron chi connectivity index (χ1n) is 16.5. The lowest BCUT2D eigenvalue weighted by atomic mass is 9.32. The molecule has 5 aliphatic carbocycles. The van der Waals surface area contributed by atoms with Gasteiger partial charge in [-0.15, -0.1) is 0 Å². The molecule has 5 saturated carbocycles. The molecular formula is C36H56O4. The summed E-state index contributed by atoms with van der Waals surface area (Å²) < 4.78 is 6.13. The normalized spacial score (nSPS) is 53.0. The van der Waals surface area contributed by atoms with Crippen LogP contribution in [0.4, 0.5) is 0 Å². The second-order valence-electron chi connectivity index (χ2n) is 17.6. The lowest BCUT2D eigenvalue weighted by molar-refractivity contribution is -0.255. The highest BCUT2D eigenvalue weighted by Crippen LogP contribution is 2.78. The summed E-state index contributed by atoms with van der Waals surface area (Å²) in [6, 6.07) is 0. The Morgan fingerprint density at radius 2 is 1.52 bits per heavy atom. The van der Waals surface area contributed by atoms with E-state index in [0.29, 0.717) is 29.6 Å². The van der Waals surface area contributed by atoms with Crippen molar-refractivity contribution in [2.75, 3.05) is 0 Å². The predicted octanol–water partition coefficient (Wildman–Crippen LogP) is 7.92. The number of aliphatic hydroxyl groups is 1. The summed E-state index contributed by atoms with van der Waals surface area (Å²) >= 11 is 0. The third-order valence-corrected chi connectivity index (χ3v) is 15.4. The first-order chi connectivity index (χ1) is 18.5. The molecule has 0 aromatic rings. The second kappa shape index (κ2) is 8.70. The molecule has 1 N–H and O–H groups in total. The smallest absolute Gasteiger partial charge is 0.307 e. The summed E-state index contributed by atoms with van der Waals surface area (Å²) in [6.07, 6.45) is 10.4. The molecule has 11 atom stereocenters. The van der Waals surface area contributed by atoms with Crippen molar-refractivity contribution in [3.8, 4) is 0 Å². The molecule has 1 heterocycles. The van der Waals surface area contributed by atoms with Crippen LogP contribution in [0.1, 0.15) is 126 Å². The highest BCUT2D eigenvalue weighted by atomic mass is 16.6. The van der Waals surface area contributed by atoms with Crippen molar-refractivity contribution in [1.82, 2.24) is 0 Å². The molecule has 0 aromatic heterocycles. The minimum atomic E-state index is -0.656. The summed E-state index contributed by atoms with van der Waals surface area (Å²) in [5.74, 6) is 2.39. The number of ether oxygens (including phenoxy) is 1. The van der Waals surface area contributed by atoms with Gasteiger partial charge in [0.15, 0.2) is 11.9 Å². The molecule has 0 bridgehead atoms. The SMILES string of the molecule is C=C(C)[C@@H]1CC[C@]2(C3OC(=O)CC(C)(C)C3=O)CC[C@]3(C)[C@H](CC[C@@H]4[C@@]5(C)CC[C@H](O)C(C)(C)[C@@H]5CC[C@]43C)[C@@H]12. The number of esters is 1. The van der Waals surface area contributed by atoms with E-state index < -0.39 is 11.5 Å². The Labute approximate surface area is 243 Å². The number of carbonyl (C=O) groups is 2. The topological polar surface area (TPSA) is 63.6 Å².